The molecule has 0 aromatic carbocycles. The van der Waals surface area contributed by atoms with E-state index in [4.69, 9.17) is 4.74 Å². The molecule has 0 saturated carbocycles. The Morgan fingerprint density at radius 2 is 2.17 bits per heavy atom. The van der Waals surface area contributed by atoms with Gasteiger partial charge in [-0.1, -0.05) is 0 Å². The van der Waals surface area contributed by atoms with Crippen LogP contribution in [0.4, 0.5) is 19.0 Å². The van der Waals surface area contributed by atoms with E-state index in [1.54, 1.807) is 10.7 Å². The molecule has 1 amide bonds. The molecule has 1 fully saturated rings. The van der Waals surface area contributed by atoms with Crippen LogP contribution < -0.4 is 10.9 Å². The van der Waals surface area contributed by atoms with E-state index in [1.165, 1.54) is 6.20 Å². The minimum atomic E-state index is -4.77. The van der Waals surface area contributed by atoms with Crippen molar-refractivity contribution in [1.82, 2.24) is 14.8 Å². The van der Waals surface area contributed by atoms with Crippen molar-refractivity contribution in [1.29, 1.82) is 0 Å². The van der Waals surface area contributed by atoms with Crippen LogP contribution in [-0.4, -0.2) is 33.9 Å². The number of halogens is 3. The van der Waals surface area contributed by atoms with Crippen molar-refractivity contribution in [3.63, 3.8) is 0 Å². The van der Waals surface area contributed by atoms with Gasteiger partial charge >= 0.3 is 6.18 Å². The molecular formula is C14H13F3N4O3. The zero-order chi connectivity index (χ0) is 17.3. The zero-order valence-electron chi connectivity index (χ0n) is 12.3. The van der Waals surface area contributed by atoms with Crippen molar-refractivity contribution in [3.8, 4) is 0 Å². The Hall–Kier alpha value is -2.62. The molecule has 0 aliphatic carbocycles. The van der Waals surface area contributed by atoms with Crippen LogP contribution in [0.1, 0.15) is 28.5 Å². The van der Waals surface area contributed by atoms with Gasteiger partial charge in [-0.15, -0.1) is 0 Å². The van der Waals surface area contributed by atoms with Gasteiger partial charge in [0.1, 0.15) is 17.1 Å². The fourth-order valence-electron chi connectivity index (χ4n) is 2.43. The SMILES string of the molecule is O=C(Nc1ccnn1C1CCOC1)c1ccc(C(F)(F)F)c(=O)[nH]1. The number of pyridine rings is 1. The van der Waals surface area contributed by atoms with E-state index in [1.807, 2.05) is 4.98 Å². The van der Waals surface area contributed by atoms with Crippen LogP contribution in [0, 0.1) is 0 Å². The molecule has 128 valence electrons. The third kappa shape index (κ3) is 3.18. The molecule has 1 aliphatic rings. The molecule has 2 aromatic heterocycles. The van der Waals surface area contributed by atoms with Gasteiger partial charge in [-0.2, -0.15) is 18.3 Å². The minimum absolute atomic E-state index is 0.0260. The molecule has 2 aromatic rings. The fraction of sp³-hybridized carbons (Fsp3) is 0.357. The van der Waals surface area contributed by atoms with Gasteiger partial charge in [-0.3, -0.25) is 9.59 Å². The van der Waals surface area contributed by atoms with Crippen LogP contribution in [0.5, 0.6) is 0 Å². The van der Waals surface area contributed by atoms with Gasteiger partial charge in [0.2, 0.25) is 0 Å². The van der Waals surface area contributed by atoms with Crippen LogP contribution in [0.2, 0.25) is 0 Å². The average molecular weight is 342 g/mol. The van der Waals surface area contributed by atoms with Gasteiger partial charge in [0, 0.05) is 12.7 Å². The lowest BCUT2D eigenvalue weighted by Crippen LogP contribution is -2.26. The molecule has 3 heterocycles. The molecule has 7 nitrogen and oxygen atoms in total. The highest BCUT2D eigenvalue weighted by atomic mass is 19.4. The summed E-state index contributed by atoms with van der Waals surface area (Å²) in [6.07, 6.45) is -2.55. The fourth-order valence-corrected chi connectivity index (χ4v) is 2.43. The molecule has 1 saturated heterocycles. The van der Waals surface area contributed by atoms with Crippen LogP contribution in [-0.2, 0) is 10.9 Å². The van der Waals surface area contributed by atoms with E-state index in [0.29, 0.717) is 25.1 Å². The molecule has 1 atom stereocenters. The summed E-state index contributed by atoms with van der Waals surface area (Å²) in [5.41, 5.74) is -3.00. The summed E-state index contributed by atoms with van der Waals surface area (Å²) in [6.45, 7) is 1.05. The van der Waals surface area contributed by atoms with Crippen molar-refractivity contribution < 1.29 is 22.7 Å². The molecule has 0 spiro atoms. The lowest BCUT2D eigenvalue weighted by atomic mass is 10.2. The number of aromatic amines is 1. The predicted molar refractivity (Wildman–Crippen MR) is 76.7 cm³/mol. The third-order valence-electron chi connectivity index (χ3n) is 3.62. The summed E-state index contributed by atoms with van der Waals surface area (Å²) in [5, 5.41) is 6.63. The average Bonchev–Trinajstić information content (AvgIpc) is 3.16. The number of rotatable bonds is 3. The quantitative estimate of drug-likeness (QED) is 0.890. The number of nitrogens with zero attached hydrogens (tertiary/aromatic N) is 2. The Bertz CT molecular complexity index is 806. The van der Waals surface area contributed by atoms with Crippen LogP contribution >= 0.6 is 0 Å². The number of aromatic nitrogens is 3. The summed E-state index contributed by atoms with van der Waals surface area (Å²) in [6, 6.07) is 3.02. The third-order valence-corrected chi connectivity index (χ3v) is 3.62. The summed E-state index contributed by atoms with van der Waals surface area (Å²) in [7, 11) is 0. The number of carbonyl (C=O) groups excluding carboxylic acids is 1. The van der Waals surface area contributed by atoms with E-state index in [0.717, 1.165) is 12.5 Å². The Balaban J connectivity index is 1.80. The zero-order valence-corrected chi connectivity index (χ0v) is 12.3. The second kappa shape index (κ2) is 6.11. The second-order valence-electron chi connectivity index (χ2n) is 5.25. The smallest absolute Gasteiger partial charge is 0.379 e. The number of alkyl halides is 3. The Kier molecular flexibility index (Phi) is 4.14. The van der Waals surface area contributed by atoms with Crippen molar-refractivity contribution in [2.24, 2.45) is 0 Å². The van der Waals surface area contributed by atoms with Crippen LogP contribution in [0.15, 0.2) is 29.2 Å². The minimum Gasteiger partial charge on any atom is -0.379 e. The highest BCUT2D eigenvalue weighted by Gasteiger charge is 2.34. The van der Waals surface area contributed by atoms with Gasteiger partial charge in [0.05, 0.1) is 18.8 Å². The Morgan fingerprint density at radius 1 is 1.38 bits per heavy atom. The molecule has 0 radical (unpaired) electrons. The molecule has 1 aliphatic heterocycles. The number of nitrogens with one attached hydrogen (secondary N) is 2. The molecule has 2 N–H and O–H groups in total. The highest BCUT2D eigenvalue weighted by Crippen LogP contribution is 2.26. The Labute approximate surface area is 133 Å². The number of H-pyrrole nitrogens is 1. The first-order valence-corrected chi connectivity index (χ1v) is 7.09. The van der Waals surface area contributed by atoms with E-state index >= 15 is 0 Å². The van der Waals surface area contributed by atoms with Crippen LogP contribution in [0.25, 0.3) is 0 Å². The van der Waals surface area contributed by atoms with Crippen molar-refractivity contribution >= 4 is 11.7 Å². The van der Waals surface area contributed by atoms with Crippen molar-refractivity contribution in [3.05, 3.63) is 46.0 Å². The lowest BCUT2D eigenvalue weighted by Gasteiger charge is -2.13. The standard InChI is InChI=1S/C14H13F3N4O3/c15-14(16,17)9-1-2-10(19-12(9)22)13(23)20-11-3-5-18-21(11)8-4-6-24-7-8/h1-3,5,8H,4,6-7H2,(H,19,22)(H,20,23). The first-order chi connectivity index (χ1) is 11.4. The predicted octanol–water partition coefficient (Wildman–Crippen LogP) is 1.80. The van der Waals surface area contributed by atoms with Gasteiger partial charge < -0.3 is 15.0 Å². The maximum atomic E-state index is 12.6. The molecule has 24 heavy (non-hydrogen) atoms. The maximum Gasteiger partial charge on any atom is 0.421 e. The number of hydrogen-bond donors (Lipinski definition) is 2. The van der Waals surface area contributed by atoms with Crippen LogP contribution in [0.3, 0.4) is 0 Å². The summed E-state index contributed by atoms with van der Waals surface area (Å²) in [4.78, 5) is 25.6. The maximum absolute atomic E-state index is 12.6. The van der Waals surface area contributed by atoms with Gasteiger partial charge in [-0.25, -0.2) is 4.68 Å². The first-order valence-electron chi connectivity index (χ1n) is 7.09. The van der Waals surface area contributed by atoms with Gasteiger partial charge in [0.25, 0.3) is 11.5 Å². The van der Waals surface area contributed by atoms with Crippen molar-refractivity contribution in [2.75, 3.05) is 18.5 Å². The number of carbonyl (C=O) groups is 1. The lowest BCUT2D eigenvalue weighted by molar-refractivity contribution is -0.138. The summed E-state index contributed by atoms with van der Waals surface area (Å²) < 4.78 is 44.5. The Morgan fingerprint density at radius 3 is 2.79 bits per heavy atom. The van der Waals surface area contributed by atoms with Gasteiger partial charge in [-0.05, 0) is 18.6 Å². The molecule has 10 heteroatoms. The van der Waals surface area contributed by atoms with E-state index < -0.39 is 23.2 Å². The molecule has 3 rings (SSSR count). The normalized spacial score (nSPS) is 17.9. The summed E-state index contributed by atoms with van der Waals surface area (Å²) >= 11 is 0. The van der Waals surface area contributed by atoms with E-state index in [2.05, 4.69) is 10.4 Å². The van der Waals surface area contributed by atoms with E-state index in [9.17, 15) is 22.8 Å². The second-order valence-corrected chi connectivity index (χ2v) is 5.25. The van der Waals surface area contributed by atoms with Gasteiger partial charge in [0.15, 0.2) is 0 Å². The first kappa shape index (κ1) is 16.2. The highest BCUT2D eigenvalue weighted by molar-refractivity contribution is 6.02. The number of amides is 1. The summed E-state index contributed by atoms with van der Waals surface area (Å²) in [5.74, 6) is -0.363. The molecular weight excluding hydrogens is 329 g/mol. The largest absolute Gasteiger partial charge is 0.421 e. The number of ether oxygens (including phenoxy) is 1. The van der Waals surface area contributed by atoms with E-state index in [-0.39, 0.29) is 11.7 Å². The molecule has 0 bridgehead atoms. The topological polar surface area (TPSA) is 89.0 Å². The van der Waals surface area contributed by atoms with Crippen molar-refractivity contribution in [2.45, 2.75) is 18.6 Å². The number of anilines is 1. The monoisotopic (exact) mass is 342 g/mol. The number of hydrogen-bond acceptors (Lipinski definition) is 4. The molecule has 1 unspecified atom stereocenters.